The van der Waals surface area contributed by atoms with E-state index < -0.39 is 23.9 Å². The lowest BCUT2D eigenvalue weighted by Crippen LogP contribution is -2.50. The van der Waals surface area contributed by atoms with Gasteiger partial charge < -0.3 is 10.1 Å². The summed E-state index contributed by atoms with van der Waals surface area (Å²) in [5, 5.41) is 2.55. The van der Waals surface area contributed by atoms with E-state index in [9.17, 15) is 14.4 Å². The molecule has 122 valence electrons. The average Bonchev–Trinajstić information content (AvgIpc) is 2.46. The van der Waals surface area contributed by atoms with Gasteiger partial charge in [-0.15, -0.1) is 0 Å². The van der Waals surface area contributed by atoms with Gasteiger partial charge in [0.2, 0.25) is 5.91 Å². The third kappa shape index (κ3) is 3.44. The number of urea groups is 1. The number of halogens is 1. The van der Waals surface area contributed by atoms with Crippen molar-refractivity contribution in [3.8, 4) is 0 Å². The Bertz CT molecular complexity index is 682. The summed E-state index contributed by atoms with van der Waals surface area (Å²) in [6.07, 6.45) is 0. The van der Waals surface area contributed by atoms with E-state index in [-0.39, 0.29) is 12.2 Å². The van der Waals surface area contributed by atoms with Crippen LogP contribution in [0.25, 0.3) is 0 Å². The number of nitrogens with zero attached hydrogens (tertiary/aromatic N) is 1. The molecule has 0 spiro atoms. The normalized spacial score (nSPS) is 17.8. The number of hydrogen-bond donors (Lipinski definition) is 1. The quantitative estimate of drug-likeness (QED) is 0.817. The van der Waals surface area contributed by atoms with E-state index in [1.807, 2.05) is 0 Å². The monoisotopic (exact) mass is 380 g/mol. The molecule has 0 saturated carbocycles. The van der Waals surface area contributed by atoms with Crippen LogP contribution < -0.4 is 5.32 Å². The van der Waals surface area contributed by atoms with Gasteiger partial charge >= 0.3 is 12.0 Å². The summed E-state index contributed by atoms with van der Waals surface area (Å²) in [6, 6.07) is 5.73. The maximum absolute atomic E-state index is 12.4. The molecule has 0 fully saturated rings. The van der Waals surface area contributed by atoms with Crippen molar-refractivity contribution in [1.82, 2.24) is 10.2 Å². The smallest absolute Gasteiger partial charge is 0.338 e. The molecular weight excluding hydrogens is 364 g/mol. The van der Waals surface area contributed by atoms with Crippen molar-refractivity contribution in [2.75, 3.05) is 6.61 Å². The number of esters is 1. The Hall–Kier alpha value is -2.15. The van der Waals surface area contributed by atoms with Gasteiger partial charge in [-0.05, 0) is 31.5 Å². The van der Waals surface area contributed by atoms with Gasteiger partial charge in [0.05, 0.1) is 12.2 Å². The molecule has 1 aromatic rings. The fourth-order valence-electron chi connectivity index (χ4n) is 2.50. The van der Waals surface area contributed by atoms with Crippen LogP contribution in [0.2, 0.25) is 0 Å². The fourth-order valence-corrected chi connectivity index (χ4v) is 2.76. The first-order chi connectivity index (χ1) is 10.9. The lowest BCUT2D eigenvalue weighted by molar-refractivity contribution is -0.139. The molecule has 0 aliphatic carbocycles. The SMILES string of the molecule is CCOC(=O)C1=C(C)NC(=O)N(C(C)=O)C1c1ccc(Br)cc1. The van der Waals surface area contributed by atoms with Crippen LogP contribution in [0, 0.1) is 0 Å². The number of carbonyl (C=O) groups excluding carboxylic acids is 3. The third-order valence-electron chi connectivity index (χ3n) is 3.47. The van der Waals surface area contributed by atoms with Crippen LogP contribution in [0.3, 0.4) is 0 Å². The number of nitrogens with one attached hydrogen (secondary N) is 1. The van der Waals surface area contributed by atoms with Crippen LogP contribution in [-0.2, 0) is 14.3 Å². The molecule has 1 aliphatic heterocycles. The van der Waals surface area contributed by atoms with Gasteiger partial charge in [-0.3, -0.25) is 9.69 Å². The largest absolute Gasteiger partial charge is 0.463 e. The minimum atomic E-state index is -0.812. The first kappa shape index (κ1) is 17.2. The molecule has 1 heterocycles. The number of rotatable bonds is 3. The highest BCUT2D eigenvalue weighted by molar-refractivity contribution is 9.10. The lowest BCUT2D eigenvalue weighted by Gasteiger charge is -2.35. The van der Waals surface area contributed by atoms with Crippen LogP contribution in [-0.4, -0.2) is 29.4 Å². The van der Waals surface area contributed by atoms with Gasteiger partial charge in [-0.2, -0.15) is 0 Å². The number of amides is 3. The molecule has 6 nitrogen and oxygen atoms in total. The summed E-state index contributed by atoms with van der Waals surface area (Å²) in [4.78, 5) is 37.6. The topological polar surface area (TPSA) is 75.7 Å². The molecule has 0 bridgehead atoms. The molecule has 1 unspecified atom stereocenters. The Morgan fingerprint density at radius 2 is 1.91 bits per heavy atom. The van der Waals surface area contributed by atoms with E-state index in [1.165, 1.54) is 6.92 Å². The van der Waals surface area contributed by atoms with E-state index >= 15 is 0 Å². The molecular formula is C16H17BrN2O4. The number of ether oxygens (including phenoxy) is 1. The standard InChI is InChI=1S/C16H17BrN2O4/c1-4-23-15(21)13-9(2)18-16(22)19(10(3)20)14(13)11-5-7-12(17)8-6-11/h5-8,14H,4H2,1-3H3,(H,18,22). The van der Waals surface area contributed by atoms with Crippen molar-refractivity contribution in [2.45, 2.75) is 26.8 Å². The van der Waals surface area contributed by atoms with E-state index in [0.717, 1.165) is 9.37 Å². The third-order valence-corrected chi connectivity index (χ3v) is 4.00. The zero-order valence-corrected chi connectivity index (χ0v) is 14.6. The molecule has 23 heavy (non-hydrogen) atoms. The van der Waals surface area contributed by atoms with Gasteiger partial charge in [-0.25, -0.2) is 9.59 Å². The van der Waals surface area contributed by atoms with Crippen LogP contribution in [0.1, 0.15) is 32.4 Å². The highest BCUT2D eigenvalue weighted by atomic mass is 79.9. The van der Waals surface area contributed by atoms with Crippen LogP contribution in [0.4, 0.5) is 4.79 Å². The van der Waals surface area contributed by atoms with E-state index in [2.05, 4.69) is 21.2 Å². The Morgan fingerprint density at radius 1 is 1.30 bits per heavy atom. The second-order valence-electron chi connectivity index (χ2n) is 5.03. The Morgan fingerprint density at radius 3 is 2.43 bits per heavy atom. The molecule has 1 N–H and O–H groups in total. The van der Waals surface area contributed by atoms with Crippen molar-refractivity contribution in [2.24, 2.45) is 0 Å². The zero-order chi connectivity index (χ0) is 17.1. The minimum absolute atomic E-state index is 0.205. The molecule has 2 rings (SSSR count). The Balaban J connectivity index is 2.61. The molecule has 1 atom stereocenters. The lowest BCUT2D eigenvalue weighted by atomic mass is 9.94. The van der Waals surface area contributed by atoms with Crippen LogP contribution in [0.15, 0.2) is 40.0 Å². The van der Waals surface area contributed by atoms with Crippen LogP contribution >= 0.6 is 15.9 Å². The predicted molar refractivity (Wildman–Crippen MR) is 87.3 cm³/mol. The summed E-state index contributed by atoms with van der Waals surface area (Å²) in [5.41, 5.74) is 1.29. The van der Waals surface area contributed by atoms with Crippen molar-refractivity contribution in [3.05, 3.63) is 45.6 Å². The van der Waals surface area contributed by atoms with Gasteiger partial charge in [0, 0.05) is 17.1 Å². The summed E-state index contributed by atoms with van der Waals surface area (Å²) in [6.45, 7) is 4.81. The second-order valence-corrected chi connectivity index (χ2v) is 5.95. The Kier molecular flexibility index (Phi) is 5.20. The average molecular weight is 381 g/mol. The molecule has 1 aliphatic rings. The van der Waals surface area contributed by atoms with E-state index in [1.54, 1.807) is 38.1 Å². The zero-order valence-electron chi connectivity index (χ0n) is 13.1. The molecule has 1 aromatic carbocycles. The minimum Gasteiger partial charge on any atom is -0.463 e. The second kappa shape index (κ2) is 6.95. The van der Waals surface area contributed by atoms with E-state index in [0.29, 0.717) is 11.3 Å². The van der Waals surface area contributed by atoms with Crippen molar-refractivity contribution in [1.29, 1.82) is 0 Å². The van der Waals surface area contributed by atoms with Gasteiger partial charge in [0.1, 0.15) is 6.04 Å². The van der Waals surface area contributed by atoms with Crippen molar-refractivity contribution >= 4 is 33.8 Å². The number of carbonyl (C=O) groups is 3. The summed E-state index contributed by atoms with van der Waals surface area (Å²) >= 11 is 3.34. The van der Waals surface area contributed by atoms with E-state index in [4.69, 9.17) is 4.74 Å². The number of imide groups is 1. The number of benzene rings is 1. The fraction of sp³-hybridized carbons (Fsp3) is 0.312. The van der Waals surface area contributed by atoms with Gasteiger partial charge in [-0.1, -0.05) is 28.1 Å². The maximum atomic E-state index is 12.4. The first-order valence-electron chi connectivity index (χ1n) is 7.11. The molecule has 0 saturated heterocycles. The van der Waals surface area contributed by atoms with Gasteiger partial charge in [0.15, 0.2) is 0 Å². The maximum Gasteiger partial charge on any atom is 0.338 e. The molecule has 7 heteroatoms. The molecule has 0 aromatic heterocycles. The number of allylic oxidation sites excluding steroid dienone is 1. The summed E-state index contributed by atoms with van der Waals surface area (Å²) < 4.78 is 5.95. The highest BCUT2D eigenvalue weighted by Crippen LogP contribution is 2.34. The molecule has 0 radical (unpaired) electrons. The van der Waals surface area contributed by atoms with Crippen molar-refractivity contribution < 1.29 is 19.1 Å². The first-order valence-corrected chi connectivity index (χ1v) is 7.90. The van der Waals surface area contributed by atoms with Gasteiger partial charge in [0.25, 0.3) is 0 Å². The van der Waals surface area contributed by atoms with Crippen molar-refractivity contribution in [3.63, 3.8) is 0 Å². The molecule has 3 amide bonds. The summed E-state index contributed by atoms with van der Waals surface area (Å²) in [7, 11) is 0. The Labute approximate surface area is 142 Å². The van der Waals surface area contributed by atoms with Crippen LogP contribution in [0.5, 0.6) is 0 Å². The number of hydrogen-bond acceptors (Lipinski definition) is 4. The highest BCUT2D eigenvalue weighted by Gasteiger charge is 2.40. The predicted octanol–water partition coefficient (Wildman–Crippen LogP) is 2.90. The summed E-state index contributed by atoms with van der Waals surface area (Å²) in [5.74, 6) is -1.01.